The molecule has 8 heteroatoms. The van der Waals surface area contributed by atoms with Gasteiger partial charge in [0.25, 0.3) is 0 Å². The Kier molecular flexibility index (Phi) is 9.97. The van der Waals surface area contributed by atoms with E-state index < -0.39 is 0 Å². The lowest BCUT2D eigenvalue weighted by molar-refractivity contribution is 0.101. The largest absolute Gasteiger partial charge is 0.330 e. The molecule has 240 valence electrons. The van der Waals surface area contributed by atoms with Crippen LogP contribution in [0, 0.1) is 17.8 Å². The van der Waals surface area contributed by atoms with Crippen molar-refractivity contribution in [3.8, 4) is 12.3 Å². The van der Waals surface area contributed by atoms with Gasteiger partial charge < -0.3 is 15.2 Å². The van der Waals surface area contributed by atoms with Gasteiger partial charge in [-0.2, -0.15) is 0 Å². The van der Waals surface area contributed by atoms with Gasteiger partial charge in [0.1, 0.15) is 0 Å². The van der Waals surface area contributed by atoms with Crippen molar-refractivity contribution in [1.82, 2.24) is 28.9 Å². The monoisotopic (exact) mass is 610 g/mol. The van der Waals surface area contributed by atoms with E-state index in [-0.39, 0.29) is 17.4 Å². The van der Waals surface area contributed by atoms with Crippen LogP contribution in [0.15, 0.2) is 58.1 Å². The molecule has 2 aliphatic heterocycles. The minimum Gasteiger partial charge on any atom is -0.317 e. The molecule has 2 saturated heterocycles. The van der Waals surface area contributed by atoms with Crippen molar-refractivity contribution in [2.24, 2.45) is 5.41 Å². The highest BCUT2D eigenvalue weighted by atomic mass is 16.2. The first kappa shape index (κ1) is 31.4. The summed E-state index contributed by atoms with van der Waals surface area (Å²) in [5, 5.41) is 3.32. The van der Waals surface area contributed by atoms with Gasteiger partial charge in [-0.25, -0.2) is 9.59 Å². The van der Waals surface area contributed by atoms with Crippen LogP contribution in [0.2, 0.25) is 0 Å². The number of rotatable bonds is 5. The third kappa shape index (κ3) is 7.00. The summed E-state index contributed by atoms with van der Waals surface area (Å²) in [5.41, 5.74) is 4.48. The van der Waals surface area contributed by atoms with Gasteiger partial charge in [0.05, 0.1) is 28.6 Å². The van der Waals surface area contributed by atoms with Crippen LogP contribution in [0.25, 0.3) is 22.1 Å². The Morgan fingerprint density at radius 3 is 2.09 bits per heavy atom. The predicted molar refractivity (Wildman–Crippen MR) is 184 cm³/mol. The lowest BCUT2D eigenvalue weighted by atomic mass is 9.77. The van der Waals surface area contributed by atoms with Gasteiger partial charge in [0.15, 0.2) is 0 Å². The van der Waals surface area contributed by atoms with Crippen LogP contribution in [0.5, 0.6) is 0 Å². The van der Waals surface area contributed by atoms with Gasteiger partial charge in [0.2, 0.25) is 0 Å². The number of hydrogen-bond acceptors (Lipinski definition) is 4. The normalized spacial score (nSPS) is 20.3. The highest BCUT2D eigenvalue weighted by Gasteiger charge is 2.31. The summed E-state index contributed by atoms with van der Waals surface area (Å²) in [4.78, 5) is 30.6. The number of para-hydroxylation sites is 4. The Balaban J connectivity index is 0.000000187. The van der Waals surface area contributed by atoms with E-state index in [2.05, 4.69) is 34.1 Å². The van der Waals surface area contributed by atoms with Gasteiger partial charge in [-0.05, 0) is 81.3 Å². The minimum absolute atomic E-state index is 0.0214. The Labute approximate surface area is 266 Å². The highest BCUT2D eigenvalue weighted by molar-refractivity contribution is 5.76. The lowest BCUT2D eigenvalue weighted by Gasteiger charge is -2.40. The lowest BCUT2D eigenvalue weighted by Crippen LogP contribution is -2.43. The fourth-order valence-electron chi connectivity index (χ4n) is 8.12. The van der Waals surface area contributed by atoms with Crippen LogP contribution in [-0.2, 0) is 6.54 Å². The summed E-state index contributed by atoms with van der Waals surface area (Å²) >= 11 is 0. The molecule has 2 N–H and O–H groups in total. The number of terminal acetylenes is 1. The molecule has 3 fully saturated rings. The van der Waals surface area contributed by atoms with Gasteiger partial charge in [-0.15, -0.1) is 6.42 Å². The fraction of sp³-hybridized carbons (Fsp3) is 0.568. The zero-order valence-corrected chi connectivity index (χ0v) is 27.0. The number of H-pyrrole nitrogens is 1. The molecule has 2 aromatic carbocycles. The molecule has 7 rings (SSSR count). The summed E-state index contributed by atoms with van der Waals surface area (Å²) < 4.78 is 5.68. The molecule has 0 atom stereocenters. The Bertz CT molecular complexity index is 1710. The maximum Gasteiger partial charge on any atom is 0.330 e. The summed E-state index contributed by atoms with van der Waals surface area (Å²) in [7, 11) is 0. The summed E-state index contributed by atoms with van der Waals surface area (Å²) in [6, 6.07) is 16.6. The second-order valence-corrected chi connectivity index (χ2v) is 13.8. The average molecular weight is 611 g/mol. The van der Waals surface area contributed by atoms with Crippen molar-refractivity contribution in [2.75, 3.05) is 32.7 Å². The standard InChI is InChI=1S/C25H35N3O.C12H15N3O/c1-3-17-27-22-11-7-8-12-23(22)28(24(27)29)21-13-18-26(19-14-21)20-25(2)15-9-5-4-6-10-16-25;16-12-14-10-3-1-2-4-11(10)15(12)9-5-7-13-8-6-9/h1,7-8,11-12,21H,4-6,9-10,13-20H2,2H3;1-4,9,13H,5-8H2,(H,14,16). The van der Waals surface area contributed by atoms with Gasteiger partial charge in [0, 0.05) is 31.7 Å². The minimum atomic E-state index is 0.0214. The molecule has 1 saturated carbocycles. The van der Waals surface area contributed by atoms with Crippen LogP contribution in [-0.4, -0.2) is 56.3 Å². The fourth-order valence-corrected chi connectivity index (χ4v) is 8.12. The number of aromatic nitrogens is 4. The topological polar surface area (TPSA) is 80.0 Å². The number of nitrogens with one attached hydrogen (secondary N) is 2. The van der Waals surface area contributed by atoms with E-state index in [0.717, 1.165) is 73.9 Å². The molecular formula is C37H50N6O2. The van der Waals surface area contributed by atoms with Crippen LogP contribution in [0.4, 0.5) is 0 Å². The molecule has 2 aromatic heterocycles. The van der Waals surface area contributed by atoms with Crippen molar-refractivity contribution in [3.05, 3.63) is 69.5 Å². The van der Waals surface area contributed by atoms with Gasteiger partial charge in [-0.1, -0.05) is 69.2 Å². The van der Waals surface area contributed by atoms with Crippen LogP contribution in [0.1, 0.15) is 89.6 Å². The second-order valence-electron chi connectivity index (χ2n) is 13.8. The van der Waals surface area contributed by atoms with E-state index in [4.69, 9.17) is 6.42 Å². The van der Waals surface area contributed by atoms with E-state index in [1.165, 1.54) is 51.5 Å². The molecule has 0 unspecified atom stereocenters. The van der Waals surface area contributed by atoms with Crippen molar-refractivity contribution in [3.63, 3.8) is 0 Å². The van der Waals surface area contributed by atoms with Crippen molar-refractivity contribution < 1.29 is 0 Å². The maximum atomic E-state index is 13.1. The Morgan fingerprint density at radius 1 is 0.800 bits per heavy atom. The maximum absolute atomic E-state index is 13.1. The highest BCUT2D eigenvalue weighted by Crippen LogP contribution is 2.36. The van der Waals surface area contributed by atoms with Gasteiger partial charge in [-0.3, -0.25) is 13.7 Å². The third-order valence-corrected chi connectivity index (χ3v) is 10.5. The zero-order chi connectivity index (χ0) is 31.2. The molecule has 0 spiro atoms. The number of nitrogens with zero attached hydrogens (tertiary/aromatic N) is 4. The van der Waals surface area contributed by atoms with Crippen molar-refractivity contribution in [2.45, 2.75) is 96.2 Å². The number of fused-ring (bicyclic) bond motifs is 2. The zero-order valence-electron chi connectivity index (χ0n) is 27.0. The van der Waals surface area contributed by atoms with Crippen LogP contribution >= 0.6 is 0 Å². The molecule has 4 heterocycles. The van der Waals surface area contributed by atoms with Crippen LogP contribution in [0.3, 0.4) is 0 Å². The molecule has 1 aliphatic carbocycles. The van der Waals surface area contributed by atoms with E-state index in [1.54, 1.807) is 4.57 Å². The van der Waals surface area contributed by atoms with E-state index in [0.29, 0.717) is 18.0 Å². The molecule has 45 heavy (non-hydrogen) atoms. The summed E-state index contributed by atoms with van der Waals surface area (Å²) in [5.74, 6) is 2.64. The van der Waals surface area contributed by atoms with Crippen molar-refractivity contribution in [1.29, 1.82) is 0 Å². The molecule has 3 aliphatic rings. The molecule has 0 amide bonds. The van der Waals surface area contributed by atoms with E-state index in [9.17, 15) is 9.59 Å². The first-order valence-electron chi connectivity index (χ1n) is 17.2. The van der Waals surface area contributed by atoms with E-state index in [1.807, 2.05) is 51.6 Å². The number of aromatic amines is 1. The molecular weight excluding hydrogens is 560 g/mol. The quantitative estimate of drug-likeness (QED) is 0.269. The number of imidazole rings is 2. The number of hydrogen-bond donors (Lipinski definition) is 2. The smallest absolute Gasteiger partial charge is 0.317 e. The number of benzene rings is 2. The first-order chi connectivity index (χ1) is 22.0. The molecule has 0 radical (unpaired) electrons. The van der Waals surface area contributed by atoms with Crippen molar-refractivity contribution >= 4 is 22.1 Å². The van der Waals surface area contributed by atoms with Gasteiger partial charge >= 0.3 is 11.4 Å². The predicted octanol–water partition coefficient (Wildman–Crippen LogP) is 6.08. The average Bonchev–Trinajstić information content (AvgIpc) is 3.53. The first-order valence-corrected chi connectivity index (χ1v) is 17.2. The Morgan fingerprint density at radius 2 is 1.40 bits per heavy atom. The van der Waals surface area contributed by atoms with Crippen LogP contribution < -0.4 is 16.7 Å². The molecule has 8 nitrogen and oxygen atoms in total. The van der Waals surface area contributed by atoms with E-state index >= 15 is 0 Å². The molecule has 0 bridgehead atoms. The number of piperidine rings is 2. The summed E-state index contributed by atoms with van der Waals surface area (Å²) in [6.07, 6.45) is 19.4. The summed E-state index contributed by atoms with van der Waals surface area (Å²) in [6.45, 7) is 8.22. The third-order valence-electron chi connectivity index (χ3n) is 10.5. The molecule has 4 aromatic rings. The number of likely N-dealkylation sites (tertiary alicyclic amines) is 1. The SMILES string of the molecule is C#CCn1c(=O)n(C2CCN(CC3(C)CCCCCCC3)CC2)c2ccccc21.O=c1[nH]c2ccccc2n1C1CCNCC1. The second kappa shape index (κ2) is 14.3. The Hall–Kier alpha value is -3.54.